The summed E-state index contributed by atoms with van der Waals surface area (Å²) in [5.41, 5.74) is 0.992. The molecule has 4 heteroatoms. The Bertz CT molecular complexity index is 548. The van der Waals surface area contributed by atoms with Crippen LogP contribution in [0.25, 0.3) is 4.85 Å². The summed E-state index contributed by atoms with van der Waals surface area (Å²) < 4.78 is 24.2. The largest absolute Gasteiger partial charge is 0.279 e. The van der Waals surface area contributed by atoms with Gasteiger partial charge in [0.1, 0.15) is 0 Å². The van der Waals surface area contributed by atoms with E-state index in [-0.39, 0.29) is 9.92 Å². The maximum absolute atomic E-state index is 12.1. The van der Waals surface area contributed by atoms with E-state index < -0.39 is 9.84 Å². The number of sulfone groups is 1. The second kappa shape index (κ2) is 5.65. The van der Waals surface area contributed by atoms with Gasteiger partial charge in [0.25, 0.3) is 5.03 Å². The van der Waals surface area contributed by atoms with Crippen LogP contribution in [-0.4, -0.2) is 8.42 Å². The van der Waals surface area contributed by atoms with Crippen LogP contribution in [0.15, 0.2) is 40.3 Å². The molecular formula is C13H15NO2S. The highest BCUT2D eigenvalue weighted by Gasteiger charge is 2.20. The van der Waals surface area contributed by atoms with Crippen LogP contribution in [0.3, 0.4) is 0 Å². The molecule has 0 unspecified atom stereocenters. The summed E-state index contributed by atoms with van der Waals surface area (Å²) in [6.45, 7) is 10.8. The average molecular weight is 249 g/mol. The van der Waals surface area contributed by atoms with E-state index in [0.717, 1.165) is 12.0 Å². The van der Waals surface area contributed by atoms with Gasteiger partial charge in [0.15, 0.2) is 0 Å². The molecular weight excluding hydrogens is 234 g/mol. The molecule has 0 aliphatic carbocycles. The molecule has 0 radical (unpaired) electrons. The molecule has 1 rings (SSSR count). The molecule has 0 heterocycles. The van der Waals surface area contributed by atoms with E-state index in [0.29, 0.717) is 6.42 Å². The van der Waals surface area contributed by atoms with Crippen molar-refractivity contribution in [3.8, 4) is 0 Å². The Hall–Kier alpha value is -1.60. The topological polar surface area (TPSA) is 38.5 Å². The highest BCUT2D eigenvalue weighted by Crippen LogP contribution is 2.21. The third-order valence-electron chi connectivity index (χ3n) is 2.32. The van der Waals surface area contributed by atoms with Gasteiger partial charge < -0.3 is 0 Å². The van der Waals surface area contributed by atoms with Crippen molar-refractivity contribution in [1.29, 1.82) is 0 Å². The Kier molecular flexibility index (Phi) is 4.47. The molecule has 0 N–H and O–H groups in total. The Morgan fingerprint density at radius 3 is 2.41 bits per heavy atom. The van der Waals surface area contributed by atoms with Gasteiger partial charge in [-0.1, -0.05) is 37.1 Å². The van der Waals surface area contributed by atoms with Gasteiger partial charge >= 0.3 is 0 Å². The van der Waals surface area contributed by atoms with Gasteiger partial charge in [-0.15, -0.1) is 0 Å². The Balaban J connectivity index is 3.19. The van der Waals surface area contributed by atoms with Crippen LogP contribution in [0.2, 0.25) is 0 Å². The number of allylic oxidation sites excluding steroid dienone is 1. The fourth-order valence-corrected chi connectivity index (χ4v) is 2.51. The Labute approximate surface area is 103 Å². The summed E-state index contributed by atoms with van der Waals surface area (Å²) in [5, 5.41) is -0.178. The van der Waals surface area contributed by atoms with Gasteiger partial charge in [-0.05, 0) is 25.5 Å². The van der Waals surface area contributed by atoms with Crippen molar-refractivity contribution in [2.75, 3.05) is 0 Å². The summed E-state index contributed by atoms with van der Waals surface area (Å²) in [5.74, 6) is 0. The molecule has 17 heavy (non-hydrogen) atoms. The average Bonchev–Trinajstić information content (AvgIpc) is 2.30. The third kappa shape index (κ3) is 3.18. The zero-order valence-electron chi connectivity index (χ0n) is 9.97. The highest BCUT2D eigenvalue weighted by atomic mass is 32.2. The molecule has 0 spiro atoms. The van der Waals surface area contributed by atoms with Crippen LogP contribution in [0.5, 0.6) is 0 Å². The number of benzene rings is 1. The minimum atomic E-state index is -3.63. The number of hydrogen-bond acceptors (Lipinski definition) is 2. The lowest BCUT2D eigenvalue weighted by molar-refractivity contribution is 0.602. The van der Waals surface area contributed by atoms with Crippen molar-refractivity contribution in [1.82, 2.24) is 0 Å². The van der Waals surface area contributed by atoms with Gasteiger partial charge in [0.2, 0.25) is 9.84 Å². The monoisotopic (exact) mass is 249 g/mol. The van der Waals surface area contributed by atoms with Crippen molar-refractivity contribution in [3.05, 3.63) is 52.4 Å². The molecule has 1 aromatic rings. The first kappa shape index (κ1) is 13.5. The van der Waals surface area contributed by atoms with Crippen LogP contribution >= 0.6 is 0 Å². The summed E-state index contributed by atoms with van der Waals surface area (Å²) in [7, 11) is -3.63. The van der Waals surface area contributed by atoms with Gasteiger partial charge in [-0.2, -0.15) is 0 Å². The van der Waals surface area contributed by atoms with Gasteiger partial charge in [-0.3, -0.25) is 0 Å². The smallest absolute Gasteiger partial charge is 0.230 e. The molecule has 0 saturated carbocycles. The summed E-state index contributed by atoms with van der Waals surface area (Å²) >= 11 is 0. The van der Waals surface area contributed by atoms with Crippen LogP contribution in [0.4, 0.5) is 0 Å². The molecule has 1 aromatic carbocycles. The first-order valence-electron chi connectivity index (χ1n) is 5.41. The number of unbranched alkanes of at least 4 members (excludes halogenated alkanes) is 1. The highest BCUT2D eigenvalue weighted by molar-refractivity contribution is 7.95. The minimum Gasteiger partial charge on any atom is -0.230 e. The molecule has 0 aliphatic rings. The molecule has 0 aromatic heterocycles. The van der Waals surface area contributed by atoms with Crippen LogP contribution in [0, 0.1) is 13.5 Å². The van der Waals surface area contributed by atoms with Crippen LogP contribution in [-0.2, 0) is 9.84 Å². The molecule has 0 fully saturated rings. The van der Waals surface area contributed by atoms with E-state index in [2.05, 4.69) is 4.85 Å². The lowest BCUT2D eigenvalue weighted by atomic mass is 10.2. The lowest BCUT2D eigenvalue weighted by Crippen LogP contribution is -2.02. The standard InChI is InChI=1S/C13H15NO2S/c1-4-5-6-13(14-3)17(15,16)12-9-7-11(2)8-10-12/h6-10H,4-5H2,1-2H3. The van der Waals surface area contributed by atoms with E-state index in [1.807, 2.05) is 13.8 Å². The predicted octanol–water partition coefficient (Wildman–Crippen LogP) is 3.33. The first-order valence-corrected chi connectivity index (χ1v) is 6.90. The summed E-state index contributed by atoms with van der Waals surface area (Å²) in [6, 6.07) is 6.54. The first-order chi connectivity index (χ1) is 8.02. The number of aryl methyl sites for hydroxylation is 1. The van der Waals surface area contributed by atoms with Gasteiger partial charge in [-0.25, -0.2) is 13.3 Å². The van der Waals surface area contributed by atoms with Crippen molar-refractivity contribution in [2.45, 2.75) is 31.6 Å². The number of rotatable bonds is 4. The second-order valence-corrected chi connectivity index (χ2v) is 5.66. The molecule has 0 aliphatic heterocycles. The van der Waals surface area contributed by atoms with E-state index >= 15 is 0 Å². The molecule has 90 valence electrons. The zero-order chi connectivity index (χ0) is 12.9. The maximum atomic E-state index is 12.1. The van der Waals surface area contributed by atoms with Gasteiger partial charge in [0, 0.05) is 0 Å². The van der Waals surface area contributed by atoms with Crippen molar-refractivity contribution in [3.63, 3.8) is 0 Å². The normalized spacial score (nSPS) is 12.2. The lowest BCUT2D eigenvalue weighted by Gasteiger charge is -2.03. The molecule has 0 bridgehead atoms. The minimum absolute atomic E-state index is 0.178. The quantitative estimate of drug-likeness (QED) is 0.768. The van der Waals surface area contributed by atoms with Crippen LogP contribution < -0.4 is 0 Å². The Morgan fingerprint density at radius 1 is 1.35 bits per heavy atom. The molecule has 3 nitrogen and oxygen atoms in total. The van der Waals surface area contributed by atoms with E-state index in [1.165, 1.54) is 18.2 Å². The Morgan fingerprint density at radius 2 is 1.94 bits per heavy atom. The summed E-state index contributed by atoms with van der Waals surface area (Å²) in [6.07, 6.45) is 2.91. The second-order valence-electron chi connectivity index (χ2n) is 3.76. The third-order valence-corrected chi connectivity index (χ3v) is 4.03. The summed E-state index contributed by atoms with van der Waals surface area (Å²) in [4.78, 5) is 3.30. The van der Waals surface area contributed by atoms with Crippen LogP contribution in [0.1, 0.15) is 25.3 Å². The maximum Gasteiger partial charge on any atom is 0.279 e. The SMILES string of the molecule is [C-]#[N+]C(=CCCC)S(=O)(=O)c1ccc(C)cc1. The zero-order valence-corrected chi connectivity index (χ0v) is 10.8. The fourth-order valence-electron chi connectivity index (χ4n) is 1.32. The fraction of sp³-hybridized carbons (Fsp3) is 0.308. The number of nitrogens with zero attached hydrogens (tertiary/aromatic N) is 1. The van der Waals surface area contributed by atoms with Crippen molar-refractivity contribution >= 4 is 9.84 Å². The molecule has 0 amide bonds. The van der Waals surface area contributed by atoms with E-state index in [4.69, 9.17) is 6.57 Å². The predicted molar refractivity (Wildman–Crippen MR) is 68.0 cm³/mol. The molecule has 0 atom stereocenters. The molecule has 0 saturated heterocycles. The van der Waals surface area contributed by atoms with Gasteiger partial charge in [0.05, 0.1) is 11.5 Å². The van der Waals surface area contributed by atoms with Crippen molar-refractivity contribution < 1.29 is 8.42 Å². The van der Waals surface area contributed by atoms with E-state index in [1.54, 1.807) is 12.1 Å². The van der Waals surface area contributed by atoms with E-state index in [9.17, 15) is 8.42 Å². The van der Waals surface area contributed by atoms with Crippen molar-refractivity contribution in [2.24, 2.45) is 0 Å². The number of hydrogen-bond donors (Lipinski definition) is 0.